The zero-order chi connectivity index (χ0) is 22.2. The van der Waals surface area contributed by atoms with Gasteiger partial charge in [-0.1, -0.05) is 34.1 Å². The van der Waals surface area contributed by atoms with E-state index in [1.807, 2.05) is 0 Å². The molecule has 3 heteroatoms. The molecule has 2 N–H and O–H groups in total. The Morgan fingerprint density at radius 2 is 1.65 bits per heavy atom. The Morgan fingerprint density at radius 3 is 2.29 bits per heavy atom. The van der Waals surface area contributed by atoms with Crippen molar-refractivity contribution >= 4 is 5.97 Å². The van der Waals surface area contributed by atoms with Crippen LogP contribution in [0.25, 0.3) is 0 Å². The summed E-state index contributed by atoms with van der Waals surface area (Å²) < 4.78 is 0. The van der Waals surface area contributed by atoms with Gasteiger partial charge in [0.25, 0.3) is 0 Å². The average molecular weight is 431 g/mol. The number of aliphatic hydroxyl groups is 1. The molecule has 3 nitrogen and oxygen atoms in total. The summed E-state index contributed by atoms with van der Waals surface area (Å²) in [6, 6.07) is 0. The van der Waals surface area contributed by atoms with Crippen LogP contribution in [0.4, 0.5) is 0 Å². The van der Waals surface area contributed by atoms with Gasteiger partial charge in [-0.15, -0.1) is 0 Å². The van der Waals surface area contributed by atoms with Gasteiger partial charge in [0.2, 0.25) is 0 Å². The highest BCUT2D eigenvalue weighted by Gasteiger charge is 2.66. The minimum absolute atomic E-state index is 0.125. The minimum Gasteiger partial charge on any atom is -0.481 e. The first-order valence-corrected chi connectivity index (χ1v) is 13.5. The first kappa shape index (κ1) is 22.2. The summed E-state index contributed by atoms with van der Waals surface area (Å²) in [4.78, 5) is 11.2. The monoisotopic (exact) mass is 430 g/mol. The predicted molar refractivity (Wildman–Crippen MR) is 123 cm³/mol. The second kappa shape index (κ2) is 7.47. The summed E-state index contributed by atoms with van der Waals surface area (Å²) in [6.07, 6.45) is 14.3. The number of aliphatic hydroxyl groups excluding tert-OH is 1. The minimum atomic E-state index is -0.659. The number of rotatable bonds is 5. The second-order valence-electron chi connectivity index (χ2n) is 13.3. The lowest BCUT2D eigenvalue weighted by Crippen LogP contribution is -2.62. The number of fused-ring (bicyclic) bond motifs is 5. The Balaban J connectivity index is 1.42. The van der Waals surface area contributed by atoms with Gasteiger partial charge in [-0.05, 0) is 122 Å². The highest BCUT2D eigenvalue weighted by atomic mass is 16.4. The molecule has 176 valence electrons. The molecule has 10 atom stereocenters. The molecule has 1 spiro atoms. The lowest BCUT2D eigenvalue weighted by Gasteiger charge is -2.65. The van der Waals surface area contributed by atoms with Crippen molar-refractivity contribution in [3.05, 3.63) is 0 Å². The van der Waals surface area contributed by atoms with Gasteiger partial charge in [0.15, 0.2) is 0 Å². The molecule has 5 aliphatic rings. The molecular formula is C28H46O3. The van der Waals surface area contributed by atoms with Crippen LogP contribution in [0.1, 0.15) is 105 Å². The van der Waals surface area contributed by atoms with E-state index < -0.39 is 5.97 Å². The number of aliphatic carboxylic acids is 1. The Kier molecular flexibility index (Phi) is 5.36. The molecule has 31 heavy (non-hydrogen) atoms. The highest BCUT2D eigenvalue weighted by Crippen LogP contribution is 2.73. The quantitative estimate of drug-likeness (QED) is 0.521. The van der Waals surface area contributed by atoms with Crippen LogP contribution in [0.2, 0.25) is 0 Å². The Morgan fingerprint density at radius 1 is 0.968 bits per heavy atom. The van der Waals surface area contributed by atoms with Crippen molar-refractivity contribution in [3.63, 3.8) is 0 Å². The molecule has 0 amide bonds. The van der Waals surface area contributed by atoms with Crippen molar-refractivity contribution in [2.24, 2.45) is 57.7 Å². The summed E-state index contributed by atoms with van der Waals surface area (Å²) in [5.74, 6) is 3.42. The third-order valence-electron chi connectivity index (χ3n) is 12.2. The summed E-state index contributed by atoms with van der Waals surface area (Å²) in [5.41, 5.74) is 1.37. The lowest BCUT2D eigenvalue weighted by atomic mass is 9.40. The average Bonchev–Trinajstić information content (AvgIpc) is 3.39. The van der Waals surface area contributed by atoms with Gasteiger partial charge in [0.1, 0.15) is 0 Å². The van der Waals surface area contributed by atoms with Crippen LogP contribution < -0.4 is 0 Å². The maximum atomic E-state index is 11.9. The fourth-order valence-corrected chi connectivity index (χ4v) is 10.3. The van der Waals surface area contributed by atoms with E-state index in [1.54, 1.807) is 0 Å². The summed E-state index contributed by atoms with van der Waals surface area (Å²) >= 11 is 0. The summed E-state index contributed by atoms with van der Waals surface area (Å²) in [5, 5.41) is 21.1. The third kappa shape index (κ3) is 3.26. The van der Waals surface area contributed by atoms with E-state index in [2.05, 4.69) is 27.7 Å². The van der Waals surface area contributed by atoms with E-state index in [4.69, 9.17) is 0 Å². The summed E-state index contributed by atoms with van der Waals surface area (Å²) in [7, 11) is 0. The Labute approximate surface area is 189 Å². The van der Waals surface area contributed by atoms with Gasteiger partial charge >= 0.3 is 5.97 Å². The molecular weight excluding hydrogens is 384 g/mol. The zero-order valence-corrected chi connectivity index (χ0v) is 20.4. The molecule has 0 bridgehead atoms. The number of carboxylic acid groups (broad SMARTS) is 1. The van der Waals surface area contributed by atoms with Crippen molar-refractivity contribution < 1.29 is 15.0 Å². The van der Waals surface area contributed by atoms with Crippen molar-refractivity contribution in [3.8, 4) is 0 Å². The molecule has 5 saturated carbocycles. The maximum absolute atomic E-state index is 11.9. The number of carbonyl (C=O) groups is 1. The van der Waals surface area contributed by atoms with Gasteiger partial charge < -0.3 is 10.2 Å². The topological polar surface area (TPSA) is 57.5 Å². The van der Waals surface area contributed by atoms with E-state index >= 15 is 0 Å². The molecule has 0 heterocycles. The fourth-order valence-electron chi connectivity index (χ4n) is 10.3. The van der Waals surface area contributed by atoms with Crippen molar-refractivity contribution in [2.45, 2.75) is 111 Å². The molecule has 0 aromatic heterocycles. The van der Waals surface area contributed by atoms with Crippen molar-refractivity contribution in [2.75, 3.05) is 0 Å². The van der Waals surface area contributed by atoms with E-state index in [0.29, 0.717) is 52.8 Å². The lowest BCUT2D eigenvalue weighted by molar-refractivity contribution is -0.201. The van der Waals surface area contributed by atoms with E-state index in [9.17, 15) is 15.0 Å². The first-order valence-electron chi connectivity index (χ1n) is 13.5. The van der Waals surface area contributed by atoms with Crippen LogP contribution in [-0.4, -0.2) is 22.3 Å². The standard InChI is InChI=1S/C28H46O3/c1-5-18-22-16-28(14-15-28)13-12-27(22,4)21-10-11-26(3)19(17(2)6-9-23(29)30)7-8-20(26)24(21)25(18)31/h17-22,24-25,31H,5-16H2,1-4H3,(H,29,30)/t17-,18-,19-,20+,21+,22+,24+,25-,26-,27-/m1/s1. The number of hydrogen-bond acceptors (Lipinski definition) is 2. The smallest absolute Gasteiger partial charge is 0.303 e. The fraction of sp³-hybridized carbons (Fsp3) is 0.964. The first-order chi connectivity index (χ1) is 14.7. The molecule has 5 aliphatic carbocycles. The highest BCUT2D eigenvalue weighted by molar-refractivity contribution is 5.66. The molecule has 5 fully saturated rings. The molecule has 0 aromatic rings. The predicted octanol–water partition coefficient (Wildman–Crippen LogP) is 6.53. The van der Waals surface area contributed by atoms with Gasteiger partial charge in [0, 0.05) is 6.42 Å². The third-order valence-corrected chi connectivity index (χ3v) is 12.2. The van der Waals surface area contributed by atoms with Crippen LogP contribution in [-0.2, 0) is 4.79 Å². The van der Waals surface area contributed by atoms with Crippen LogP contribution in [0.15, 0.2) is 0 Å². The van der Waals surface area contributed by atoms with E-state index in [-0.39, 0.29) is 11.5 Å². The van der Waals surface area contributed by atoms with Crippen molar-refractivity contribution in [1.29, 1.82) is 0 Å². The van der Waals surface area contributed by atoms with Crippen LogP contribution in [0.3, 0.4) is 0 Å². The van der Waals surface area contributed by atoms with E-state index in [0.717, 1.165) is 18.8 Å². The summed E-state index contributed by atoms with van der Waals surface area (Å²) in [6.45, 7) is 9.78. The van der Waals surface area contributed by atoms with Crippen LogP contribution in [0.5, 0.6) is 0 Å². The Bertz CT molecular complexity index is 713. The molecule has 0 aromatic carbocycles. The molecule has 0 aliphatic heterocycles. The van der Waals surface area contributed by atoms with Gasteiger partial charge in [-0.2, -0.15) is 0 Å². The SMILES string of the molecule is CC[C@H]1[C@@H](O)[C@@H]2[C@H](CC[C@]3(C)[C@@H]([C@H](C)CCC(=O)O)CC[C@@H]23)[C@@]2(C)CCC3(CC3)C[C@@H]12. The zero-order valence-electron chi connectivity index (χ0n) is 20.4. The van der Waals surface area contributed by atoms with Gasteiger partial charge in [-0.25, -0.2) is 0 Å². The maximum Gasteiger partial charge on any atom is 0.303 e. The molecule has 0 saturated heterocycles. The Hall–Kier alpha value is -0.570. The van der Waals surface area contributed by atoms with Crippen LogP contribution in [0, 0.1) is 57.7 Å². The molecule has 0 unspecified atom stereocenters. The number of hydrogen-bond donors (Lipinski definition) is 2. The normalized spacial score (nSPS) is 50.9. The van der Waals surface area contributed by atoms with Crippen LogP contribution >= 0.6 is 0 Å². The largest absolute Gasteiger partial charge is 0.481 e. The molecule has 0 radical (unpaired) electrons. The number of carboxylic acids is 1. The molecule has 5 rings (SSSR count). The van der Waals surface area contributed by atoms with Gasteiger partial charge in [0.05, 0.1) is 6.10 Å². The van der Waals surface area contributed by atoms with Crippen molar-refractivity contribution in [1.82, 2.24) is 0 Å². The van der Waals surface area contributed by atoms with Gasteiger partial charge in [-0.3, -0.25) is 4.79 Å². The van der Waals surface area contributed by atoms with E-state index in [1.165, 1.54) is 57.8 Å². The second-order valence-corrected chi connectivity index (χ2v) is 13.3.